The van der Waals surface area contributed by atoms with E-state index in [1.807, 2.05) is 11.8 Å². The molecule has 6 heteroatoms. The normalized spacial score (nSPS) is 30.5. The van der Waals surface area contributed by atoms with Crippen molar-refractivity contribution >= 4 is 21.8 Å². The summed E-state index contributed by atoms with van der Waals surface area (Å²) in [6.45, 7) is 5.57. The Balaban J connectivity index is 2.68. The fourth-order valence-corrected chi connectivity index (χ4v) is 4.61. The molecule has 1 aliphatic heterocycles. The molecule has 0 aliphatic carbocycles. The van der Waals surface area contributed by atoms with Crippen LogP contribution in [-0.4, -0.2) is 48.6 Å². The van der Waals surface area contributed by atoms with Gasteiger partial charge in [0.25, 0.3) is 0 Å². The van der Waals surface area contributed by atoms with Crippen molar-refractivity contribution in [1.82, 2.24) is 4.31 Å². The van der Waals surface area contributed by atoms with Crippen LogP contribution in [0.15, 0.2) is 0 Å². The largest absolute Gasteiger partial charge is 0.329 e. The van der Waals surface area contributed by atoms with Crippen molar-refractivity contribution in [3.8, 4) is 0 Å². The van der Waals surface area contributed by atoms with Crippen LogP contribution in [0.5, 0.6) is 0 Å². The molecule has 0 spiro atoms. The van der Waals surface area contributed by atoms with Gasteiger partial charge in [-0.1, -0.05) is 13.8 Å². The van der Waals surface area contributed by atoms with Crippen LogP contribution in [0.1, 0.15) is 13.8 Å². The molecule has 1 aliphatic rings. The molecular weight excluding hydrogens is 220 g/mol. The number of hydrogen-bond donors (Lipinski definition) is 1. The molecule has 0 aromatic rings. The van der Waals surface area contributed by atoms with Crippen LogP contribution >= 0.6 is 11.8 Å². The third-order valence-electron chi connectivity index (χ3n) is 2.16. The predicted molar refractivity (Wildman–Crippen MR) is 60.9 cm³/mol. The Morgan fingerprint density at radius 1 is 1.36 bits per heavy atom. The monoisotopic (exact) mass is 238 g/mol. The summed E-state index contributed by atoms with van der Waals surface area (Å²) in [6, 6.07) is 0. The molecule has 1 fully saturated rings. The Hall–Kier alpha value is 0.220. The van der Waals surface area contributed by atoms with Gasteiger partial charge in [0, 0.05) is 30.1 Å². The number of rotatable bonds is 3. The summed E-state index contributed by atoms with van der Waals surface area (Å²) in [5.41, 5.74) is 5.28. The molecule has 1 saturated heterocycles. The lowest BCUT2D eigenvalue weighted by Gasteiger charge is -2.33. The van der Waals surface area contributed by atoms with E-state index in [0.717, 1.165) is 0 Å². The minimum Gasteiger partial charge on any atom is -0.329 e. The first-order valence-corrected chi connectivity index (χ1v) is 7.34. The summed E-state index contributed by atoms with van der Waals surface area (Å²) in [5, 5.41) is 0.762. The van der Waals surface area contributed by atoms with E-state index in [2.05, 4.69) is 13.8 Å². The smallest absolute Gasteiger partial charge is 0.215 e. The zero-order chi connectivity index (χ0) is 10.8. The van der Waals surface area contributed by atoms with Gasteiger partial charge in [0.05, 0.1) is 5.75 Å². The molecule has 2 unspecified atom stereocenters. The van der Waals surface area contributed by atoms with Crippen LogP contribution in [0.3, 0.4) is 0 Å². The lowest BCUT2D eigenvalue weighted by atomic mass is 10.4. The van der Waals surface area contributed by atoms with Crippen molar-refractivity contribution in [2.24, 2.45) is 5.73 Å². The molecule has 0 saturated carbocycles. The van der Waals surface area contributed by atoms with Crippen molar-refractivity contribution in [2.75, 3.05) is 25.4 Å². The van der Waals surface area contributed by atoms with E-state index in [-0.39, 0.29) is 12.3 Å². The molecule has 0 aromatic carbocycles. The van der Waals surface area contributed by atoms with Crippen LogP contribution in [0.25, 0.3) is 0 Å². The first-order chi connectivity index (χ1) is 6.45. The molecular formula is C8H18N2O2S2. The zero-order valence-corrected chi connectivity index (χ0v) is 10.3. The highest BCUT2D eigenvalue weighted by Crippen LogP contribution is 2.26. The first-order valence-electron chi connectivity index (χ1n) is 4.79. The maximum absolute atomic E-state index is 11.7. The predicted octanol–water partition coefficient (Wildman–Crippen LogP) is 0.101. The third-order valence-corrected chi connectivity index (χ3v) is 5.22. The Kier molecular flexibility index (Phi) is 4.24. The fraction of sp³-hybridized carbons (Fsp3) is 1.00. The minimum absolute atomic E-state index is 0.0666. The van der Waals surface area contributed by atoms with E-state index in [4.69, 9.17) is 5.73 Å². The van der Waals surface area contributed by atoms with Crippen molar-refractivity contribution in [3.05, 3.63) is 0 Å². The van der Waals surface area contributed by atoms with E-state index in [0.29, 0.717) is 23.6 Å². The number of thioether (sulfide) groups is 1. The lowest BCUT2D eigenvalue weighted by molar-refractivity contribution is 0.405. The molecule has 0 aromatic heterocycles. The van der Waals surface area contributed by atoms with Crippen LogP contribution in [-0.2, 0) is 10.0 Å². The second kappa shape index (κ2) is 4.83. The van der Waals surface area contributed by atoms with E-state index >= 15 is 0 Å². The van der Waals surface area contributed by atoms with Crippen molar-refractivity contribution in [2.45, 2.75) is 24.3 Å². The molecule has 0 bridgehead atoms. The molecule has 4 nitrogen and oxygen atoms in total. The molecule has 0 radical (unpaired) electrons. The second-order valence-corrected chi connectivity index (χ2v) is 7.65. The number of hydrogen-bond acceptors (Lipinski definition) is 4. The SMILES string of the molecule is CC1CN(S(=O)(=O)CCN)CC(C)S1. The average Bonchev–Trinajstić information content (AvgIpc) is 2.02. The van der Waals surface area contributed by atoms with Crippen molar-refractivity contribution in [1.29, 1.82) is 0 Å². The Labute approximate surface area is 90.3 Å². The van der Waals surface area contributed by atoms with Crippen LogP contribution in [0, 0.1) is 0 Å². The maximum atomic E-state index is 11.7. The van der Waals surface area contributed by atoms with Gasteiger partial charge in [-0.05, 0) is 0 Å². The van der Waals surface area contributed by atoms with Gasteiger partial charge >= 0.3 is 0 Å². The summed E-state index contributed by atoms with van der Waals surface area (Å²) in [6.07, 6.45) is 0. The summed E-state index contributed by atoms with van der Waals surface area (Å²) in [7, 11) is -3.10. The van der Waals surface area contributed by atoms with Gasteiger partial charge in [0.1, 0.15) is 0 Å². The van der Waals surface area contributed by atoms with Gasteiger partial charge in [-0.2, -0.15) is 16.1 Å². The van der Waals surface area contributed by atoms with Gasteiger partial charge in [0.2, 0.25) is 10.0 Å². The van der Waals surface area contributed by atoms with Gasteiger partial charge in [-0.25, -0.2) is 8.42 Å². The maximum Gasteiger partial charge on any atom is 0.215 e. The highest BCUT2D eigenvalue weighted by atomic mass is 32.2. The highest BCUT2D eigenvalue weighted by Gasteiger charge is 2.29. The molecule has 1 rings (SSSR count). The minimum atomic E-state index is -3.10. The number of sulfonamides is 1. The first kappa shape index (κ1) is 12.3. The van der Waals surface area contributed by atoms with Gasteiger partial charge < -0.3 is 5.73 Å². The zero-order valence-electron chi connectivity index (χ0n) is 8.64. The quantitative estimate of drug-likeness (QED) is 0.757. The van der Waals surface area contributed by atoms with Gasteiger partial charge in [-0.3, -0.25) is 0 Å². The summed E-state index contributed by atoms with van der Waals surface area (Å²) in [5.74, 6) is 0.0666. The van der Waals surface area contributed by atoms with Crippen molar-refractivity contribution < 1.29 is 8.42 Å². The van der Waals surface area contributed by atoms with Crippen molar-refractivity contribution in [3.63, 3.8) is 0 Å². The van der Waals surface area contributed by atoms with Crippen LogP contribution in [0.4, 0.5) is 0 Å². The van der Waals surface area contributed by atoms with E-state index < -0.39 is 10.0 Å². The highest BCUT2D eigenvalue weighted by molar-refractivity contribution is 8.00. The molecule has 2 atom stereocenters. The van der Waals surface area contributed by atoms with E-state index in [1.54, 1.807) is 4.31 Å². The van der Waals surface area contributed by atoms with E-state index in [9.17, 15) is 8.42 Å². The molecule has 0 amide bonds. The molecule has 84 valence electrons. The van der Waals surface area contributed by atoms with Gasteiger partial charge in [0.15, 0.2) is 0 Å². The number of nitrogens with zero attached hydrogens (tertiary/aromatic N) is 1. The molecule has 2 N–H and O–H groups in total. The van der Waals surface area contributed by atoms with Crippen LogP contribution in [0.2, 0.25) is 0 Å². The van der Waals surface area contributed by atoms with E-state index in [1.165, 1.54) is 0 Å². The summed E-state index contributed by atoms with van der Waals surface area (Å²) < 4.78 is 25.0. The summed E-state index contributed by atoms with van der Waals surface area (Å²) >= 11 is 1.84. The third kappa shape index (κ3) is 3.12. The van der Waals surface area contributed by atoms with Gasteiger partial charge in [-0.15, -0.1) is 0 Å². The topological polar surface area (TPSA) is 63.4 Å². The Morgan fingerprint density at radius 3 is 2.29 bits per heavy atom. The average molecular weight is 238 g/mol. The summed E-state index contributed by atoms with van der Waals surface area (Å²) in [4.78, 5) is 0. The Bertz CT molecular complexity index is 269. The Morgan fingerprint density at radius 2 is 1.86 bits per heavy atom. The molecule has 14 heavy (non-hydrogen) atoms. The number of nitrogens with two attached hydrogens (primary N) is 1. The molecule has 1 heterocycles. The standard InChI is InChI=1S/C8H18N2O2S2/c1-7-5-10(6-8(2)13-7)14(11,12)4-3-9/h7-8H,3-6,9H2,1-2H3. The lowest BCUT2D eigenvalue weighted by Crippen LogP contribution is -2.45. The fourth-order valence-electron chi connectivity index (χ4n) is 1.64. The van der Waals surface area contributed by atoms with Crippen LogP contribution < -0.4 is 5.73 Å². The second-order valence-electron chi connectivity index (χ2n) is 3.68.